The molecule has 1 aromatic carbocycles. The predicted molar refractivity (Wildman–Crippen MR) is 92.5 cm³/mol. The highest BCUT2D eigenvalue weighted by molar-refractivity contribution is 5.92. The van der Waals surface area contributed by atoms with Crippen molar-refractivity contribution in [3.8, 4) is 0 Å². The van der Waals surface area contributed by atoms with Crippen LogP contribution in [0.5, 0.6) is 0 Å². The molecule has 0 unspecified atom stereocenters. The molecule has 5 nitrogen and oxygen atoms in total. The maximum absolute atomic E-state index is 12.1. The normalized spacial score (nSPS) is 10.6. The van der Waals surface area contributed by atoms with Crippen molar-refractivity contribution in [2.75, 3.05) is 18.4 Å². The van der Waals surface area contributed by atoms with Crippen molar-refractivity contribution in [1.29, 1.82) is 0 Å². The minimum absolute atomic E-state index is 0.159. The fourth-order valence-electron chi connectivity index (χ4n) is 2.10. The van der Waals surface area contributed by atoms with E-state index in [9.17, 15) is 4.79 Å². The third kappa shape index (κ3) is 6.06. The van der Waals surface area contributed by atoms with E-state index in [1.807, 2.05) is 18.2 Å². The van der Waals surface area contributed by atoms with Crippen LogP contribution in [0.2, 0.25) is 0 Å². The second-order valence-corrected chi connectivity index (χ2v) is 5.89. The van der Waals surface area contributed by atoms with E-state index in [1.54, 1.807) is 12.3 Å². The molecule has 0 aliphatic heterocycles. The molecule has 0 saturated carbocycles. The number of benzene rings is 1. The number of anilines is 1. The minimum Gasteiger partial charge on any atom is -0.354 e. The number of nitrogens with zero attached hydrogens (tertiary/aromatic N) is 2. The van der Waals surface area contributed by atoms with Crippen molar-refractivity contribution < 1.29 is 4.79 Å². The number of carbonyl (C=O) groups is 1. The molecule has 0 radical (unpaired) electrons. The lowest BCUT2D eigenvalue weighted by atomic mass is 10.1. The number of amides is 1. The summed E-state index contributed by atoms with van der Waals surface area (Å²) in [7, 11) is 0. The zero-order valence-corrected chi connectivity index (χ0v) is 13.7. The Bertz CT molecular complexity index is 613. The van der Waals surface area contributed by atoms with E-state index in [0.717, 1.165) is 19.4 Å². The molecule has 0 aliphatic rings. The van der Waals surface area contributed by atoms with Crippen molar-refractivity contribution >= 4 is 11.9 Å². The lowest BCUT2D eigenvalue weighted by Crippen LogP contribution is -2.26. The molecule has 2 rings (SSSR count). The summed E-state index contributed by atoms with van der Waals surface area (Å²) in [4.78, 5) is 20.5. The Morgan fingerprint density at radius 3 is 2.70 bits per heavy atom. The van der Waals surface area contributed by atoms with Crippen LogP contribution in [0.3, 0.4) is 0 Å². The van der Waals surface area contributed by atoms with Crippen molar-refractivity contribution in [3.05, 3.63) is 53.9 Å². The molecule has 0 atom stereocenters. The van der Waals surface area contributed by atoms with Crippen molar-refractivity contribution in [2.24, 2.45) is 5.92 Å². The summed E-state index contributed by atoms with van der Waals surface area (Å²) in [6.07, 6.45) is 3.46. The molecule has 1 amide bonds. The van der Waals surface area contributed by atoms with Gasteiger partial charge in [-0.25, -0.2) is 9.97 Å². The standard InChI is InChI=1S/C18H24N4O/c1-14(2)13-21-18-20-12-10-16(22-18)17(23)19-11-6-9-15-7-4-3-5-8-15/h3-5,7-8,10,12,14H,6,9,11,13H2,1-2H3,(H,19,23)(H,20,21,22). The van der Waals surface area contributed by atoms with E-state index >= 15 is 0 Å². The number of rotatable bonds is 8. The van der Waals surface area contributed by atoms with E-state index in [2.05, 4.69) is 46.6 Å². The lowest BCUT2D eigenvalue weighted by Gasteiger charge is -2.09. The van der Waals surface area contributed by atoms with Gasteiger partial charge in [-0.3, -0.25) is 4.79 Å². The van der Waals surface area contributed by atoms with Crippen LogP contribution in [-0.4, -0.2) is 29.0 Å². The first kappa shape index (κ1) is 16.9. The van der Waals surface area contributed by atoms with E-state index < -0.39 is 0 Å². The second-order valence-electron chi connectivity index (χ2n) is 5.89. The van der Waals surface area contributed by atoms with Gasteiger partial charge in [0.2, 0.25) is 5.95 Å². The topological polar surface area (TPSA) is 66.9 Å². The molecular formula is C18H24N4O. The first-order valence-corrected chi connectivity index (χ1v) is 8.04. The summed E-state index contributed by atoms with van der Waals surface area (Å²) in [6.45, 7) is 5.63. The third-order valence-corrected chi connectivity index (χ3v) is 3.33. The minimum atomic E-state index is -0.159. The first-order valence-electron chi connectivity index (χ1n) is 8.04. The Morgan fingerprint density at radius 1 is 1.17 bits per heavy atom. The summed E-state index contributed by atoms with van der Waals surface area (Å²) in [5, 5.41) is 6.03. The number of nitrogens with one attached hydrogen (secondary N) is 2. The van der Waals surface area contributed by atoms with Crippen molar-refractivity contribution in [2.45, 2.75) is 26.7 Å². The summed E-state index contributed by atoms with van der Waals surface area (Å²) in [6, 6.07) is 11.9. The fraction of sp³-hybridized carbons (Fsp3) is 0.389. The van der Waals surface area contributed by atoms with Crippen LogP contribution in [0.4, 0.5) is 5.95 Å². The smallest absolute Gasteiger partial charge is 0.270 e. The summed E-state index contributed by atoms with van der Waals surface area (Å²) >= 11 is 0. The van der Waals surface area contributed by atoms with E-state index in [0.29, 0.717) is 24.1 Å². The van der Waals surface area contributed by atoms with E-state index in [1.165, 1.54) is 5.56 Å². The van der Waals surface area contributed by atoms with Gasteiger partial charge in [-0.15, -0.1) is 0 Å². The predicted octanol–water partition coefficient (Wildman–Crippen LogP) is 2.91. The molecule has 0 spiro atoms. The largest absolute Gasteiger partial charge is 0.354 e. The Kier molecular flexibility index (Phi) is 6.54. The van der Waals surface area contributed by atoms with Gasteiger partial charge in [0, 0.05) is 19.3 Å². The number of hydrogen-bond donors (Lipinski definition) is 2. The molecular weight excluding hydrogens is 288 g/mol. The van der Waals surface area contributed by atoms with Gasteiger partial charge in [-0.2, -0.15) is 0 Å². The highest BCUT2D eigenvalue weighted by Gasteiger charge is 2.08. The van der Waals surface area contributed by atoms with Crippen LogP contribution in [0, 0.1) is 5.92 Å². The first-order chi connectivity index (χ1) is 11.1. The zero-order chi connectivity index (χ0) is 16.5. The maximum atomic E-state index is 12.1. The quantitative estimate of drug-likeness (QED) is 0.736. The molecule has 0 bridgehead atoms. The van der Waals surface area contributed by atoms with Crippen LogP contribution in [0.25, 0.3) is 0 Å². The Balaban J connectivity index is 1.77. The SMILES string of the molecule is CC(C)CNc1nccc(C(=O)NCCCc2ccccc2)n1. The van der Waals surface area contributed by atoms with Crippen molar-refractivity contribution in [3.63, 3.8) is 0 Å². The van der Waals surface area contributed by atoms with Gasteiger partial charge in [-0.05, 0) is 30.4 Å². The Hall–Kier alpha value is -2.43. The van der Waals surface area contributed by atoms with Crippen LogP contribution in [0.1, 0.15) is 36.3 Å². The van der Waals surface area contributed by atoms with Gasteiger partial charge in [-0.1, -0.05) is 44.2 Å². The molecule has 2 N–H and O–H groups in total. The van der Waals surface area contributed by atoms with Gasteiger partial charge < -0.3 is 10.6 Å². The summed E-state index contributed by atoms with van der Waals surface area (Å²) < 4.78 is 0. The summed E-state index contributed by atoms with van der Waals surface area (Å²) in [5.74, 6) is 0.831. The number of carbonyl (C=O) groups excluding carboxylic acids is 1. The number of aromatic nitrogens is 2. The van der Waals surface area contributed by atoms with Crippen LogP contribution < -0.4 is 10.6 Å². The van der Waals surface area contributed by atoms with Gasteiger partial charge in [0.1, 0.15) is 5.69 Å². The molecule has 1 aromatic heterocycles. The molecule has 1 heterocycles. The fourth-order valence-corrected chi connectivity index (χ4v) is 2.10. The molecule has 0 aliphatic carbocycles. The monoisotopic (exact) mass is 312 g/mol. The number of aryl methyl sites for hydroxylation is 1. The highest BCUT2D eigenvalue weighted by Crippen LogP contribution is 2.04. The average Bonchev–Trinajstić information content (AvgIpc) is 2.58. The molecule has 2 aromatic rings. The maximum Gasteiger partial charge on any atom is 0.270 e. The van der Waals surface area contributed by atoms with Crippen LogP contribution >= 0.6 is 0 Å². The van der Waals surface area contributed by atoms with Gasteiger partial charge in [0.15, 0.2) is 0 Å². The highest BCUT2D eigenvalue weighted by atomic mass is 16.1. The van der Waals surface area contributed by atoms with Crippen LogP contribution in [0.15, 0.2) is 42.6 Å². The Labute approximate surface area is 137 Å². The second kappa shape index (κ2) is 8.88. The third-order valence-electron chi connectivity index (χ3n) is 3.33. The van der Waals surface area contributed by atoms with Crippen LogP contribution in [-0.2, 0) is 6.42 Å². The molecule has 5 heteroatoms. The van der Waals surface area contributed by atoms with Gasteiger partial charge in [0.05, 0.1) is 0 Å². The average molecular weight is 312 g/mol. The Morgan fingerprint density at radius 2 is 1.96 bits per heavy atom. The molecule has 23 heavy (non-hydrogen) atoms. The van der Waals surface area contributed by atoms with E-state index in [4.69, 9.17) is 0 Å². The molecule has 0 saturated heterocycles. The van der Waals surface area contributed by atoms with Gasteiger partial charge >= 0.3 is 0 Å². The van der Waals surface area contributed by atoms with E-state index in [-0.39, 0.29) is 5.91 Å². The molecule has 0 fully saturated rings. The number of hydrogen-bond acceptors (Lipinski definition) is 4. The zero-order valence-electron chi connectivity index (χ0n) is 13.7. The lowest BCUT2D eigenvalue weighted by molar-refractivity contribution is 0.0948. The van der Waals surface area contributed by atoms with Crippen molar-refractivity contribution in [1.82, 2.24) is 15.3 Å². The summed E-state index contributed by atoms with van der Waals surface area (Å²) in [5.41, 5.74) is 1.68. The molecule has 122 valence electrons. The van der Waals surface area contributed by atoms with Gasteiger partial charge in [0.25, 0.3) is 5.91 Å².